The van der Waals surface area contributed by atoms with E-state index in [0.717, 1.165) is 0 Å². The van der Waals surface area contributed by atoms with Crippen LogP contribution >= 0.6 is 20.2 Å². The number of hydrogen-bond acceptors (Lipinski definition) is 2. The number of phosphoric acid groups is 1. The molecule has 0 radical (unpaired) electrons. The number of quaternary nitrogens is 1. The third-order valence-corrected chi connectivity index (χ3v) is 1.54. The molecule has 0 saturated carbocycles. The topological polar surface area (TPSA) is 66.8 Å². The zero-order valence-corrected chi connectivity index (χ0v) is 12.1. The SMILES string of the molecule is C[N+](C)(C)CCOP(=O)(O)O.Cl.[Ca+2]. The summed E-state index contributed by atoms with van der Waals surface area (Å²) in [6.45, 7) is 0.652. The van der Waals surface area contributed by atoms with E-state index in [-0.39, 0.29) is 56.8 Å². The smallest absolute Gasteiger partial charge is 0.329 e. The van der Waals surface area contributed by atoms with Gasteiger partial charge in [0.2, 0.25) is 0 Å². The molecule has 0 aliphatic rings. The van der Waals surface area contributed by atoms with E-state index in [1.165, 1.54) is 0 Å². The van der Waals surface area contributed by atoms with E-state index in [4.69, 9.17) is 9.79 Å². The Hall–Kier alpha value is 1.62. The number of rotatable bonds is 4. The van der Waals surface area contributed by atoms with Crippen LogP contribution in [0.4, 0.5) is 0 Å². The summed E-state index contributed by atoms with van der Waals surface area (Å²) in [6.07, 6.45) is 0. The Morgan fingerprint density at radius 2 is 1.69 bits per heavy atom. The Balaban J connectivity index is -0.000000500. The van der Waals surface area contributed by atoms with Gasteiger partial charge in [-0.25, -0.2) is 4.57 Å². The fourth-order valence-corrected chi connectivity index (χ4v) is 0.753. The van der Waals surface area contributed by atoms with Crippen molar-refractivity contribution in [3.8, 4) is 0 Å². The minimum Gasteiger partial charge on any atom is -0.329 e. The molecule has 0 aliphatic carbocycles. The molecule has 0 amide bonds. The van der Waals surface area contributed by atoms with Gasteiger partial charge in [-0.1, -0.05) is 0 Å². The van der Waals surface area contributed by atoms with Crippen molar-refractivity contribution < 1.29 is 23.4 Å². The summed E-state index contributed by atoms with van der Waals surface area (Å²) in [5.41, 5.74) is 0. The van der Waals surface area contributed by atoms with Gasteiger partial charge in [0.25, 0.3) is 0 Å². The van der Waals surface area contributed by atoms with Gasteiger partial charge in [-0.15, -0.1) is 12.4 Å². The quantitative estimate of drug-likeness (QED) is 0.419. The van der Waals surface area contributed by atoms with Crippen molar-refractivity contribution in [1.29, 1.82) is 0 Å². The number of phosphoric ester groups is 1. The van der Waals surface area contributed by atoms with E-state index in [1.54, 1.807) is 0 Å². The van der Waals surface area contributed by atoms with Gasteiger partial charge in [0.15, 0.2) is 0 Å². The molecule has 0 unspecified atom stereocenters. The zero-order valence-electron chi connectivity index (χ0n) is 8.13. The van der Waals surface area contributed by atoms with E-state index in [0.29, 0.717) is 11.0 Å². The van der Waals surface area contributed by atoms with Crippen LogP contribution in [0.15, 0.2) is 0 Å². The molecular formula is C5H16CaClNO4P+3. The van der Waals surface area contributed by atoms with Gasteiger partial charge in [-0.2, -0.15) is 0 Å². The minimum atomic E-state index is -4.26. The standard InChI is InChI=1S/C5H14NO4P.Ca.ClH/c1-6(2,3)4-5-10-11(7,8)9;;/h4-5H2,1-3H3,(H-,7,8,9);;1H/q;+2;/p+1. The summed E-state index contributed by atoms with van der Waals surface area (Å²) < 4.78 is 15.1. The van der Waals surface area contributed by atoms with Crippen LogP contribution in [-0.4, -0.2) is 86.3 Å². The van der Waals surface area contributed by atoms with Gasteiger partial charge in [-0.05, 0) is 0 Å². The molecule has 0 spiro atoms. The van der Waals surface area contributed by atoms with Gasteiger partial charge in [0.05, 0.1) is 21.1 Å². The first-order valence-electron chi connectivity index (χ1n) is 3.21. The number of hydrogen-bond donors (Lipinski definition) is 2. The van der Waals surface area contributed by atoms with Gasteiger partial charge in [-0.3, -0.25) is 4.52 Å². The molecule has 0 fully saturated rings. The van der Waals surface area contributed by atoms with Crippen LogP contribution in [0.1, 0.15) is 0 Å². The molecule has 5 nitrogen and oxygen atoms in total. The maximum absolute atomic E-state index is 10.2. The first kappa shape index (κ1) is 20.1. The maximum atomic E-state index is 10.2. The van der Waals surface area contributed by atoms with Gasteiger partial charge >= 0.3 is 45.6 Å². The summed E-state index contributed by atoms with van der Waals surface area (Å²) in [7, 11) is 1.50. The average Bonchev–Trinajstić information content (AvgIpc) is 1.55. The third kappa shape index (κ3) is 19.9. The van der Waals surface area contributed by atoms with Crippen LogP contribution < -0.4 is 0 Å². The van der Waals surface area contributed by atoms with Crippen LogP contribution in [-0.2, 0) is 9.09 Å². The second-order valence-corrected chi connectivity index (χ2v) is 4.58. The summed E-state index contributed by atoms with van der Waals surface area (Å²) >= 11 is 0. The minimum absolute atomic E-state index is 0. The van der Waals surface area contributed by atoms with Crippen molar-refractivity contribution in [3.05, 3.63) is 0 Å². The van der Waals surface area contributed by atoms with Crippen LogP contribution in [0.5, 0.6) is 0 Å². The molecule has 0 heterocycles. The summed E-state index contributed by atoms with van der Waals surface area (Å²) in [5.74, 6) is 0. The molecule has 0 bridgehead atoms. The third-order valence-electron chi connectivity index (χ3n) is 1.02. The van der Waals surface area contributed by atoms with Crippen molar-refractivity contribution in [1.82, 2.24) is 0 Å². The molecule has 76 valence electrons. The van der Waals surface area contributed by atoms with E-state index < -0.39 is 7.82 Å². The normalized spacial score (nSPS) is 11.5. The van der Waals surface area contributed by atoms with Crippen LogP contribution in [0.3, 0.4) is 0 Å². The Kier molecular flexibility index (Phi) is 12.1. The Labute approximate surface area is 115 Å². The van der Waals surface area contributed by atoms with E-state index in [9.17, 15) is 4.57 Å². The Morgan fingerprint density at radius 3 is 1.92 bits per heavy atom. The van der Waals surface area contributed by atoms with Crippen molar-refractivity contribution in [2.45, 2.75) is 0 Å². The second-order valence-electron chi connectivity index (χ2n) is 3.34. The maximum Gasteiger partial charge on any atom is 2.00 e. The fourth-order valence-electron chi connectivity index (χ4n) is 0.434. The van der Waals surface area contributed by atoms with Crippen molar-refractivity contribution in [2.24, 2.45) is 0 Å². The summed E-state index contributed by atoms with van der Waals surface area (Å²) in [4.78, 5) is 16.6. The molecule has 0 rings (SSSR count). The summed E-state index contributed by atoms with van der Waals surface area (Å²) in [6, 6.07) is 0. The molecular weight excluding hydrogens is 245 g/mol. The average molecular weight is 261 g/mol. The van der Waals surface area contributed by atoms with Crippen molar-refractivity contribution in [3.63, 3.8) is 0 Å². The molecule has 0 atom stereocenters. The molecule has 0 aromatic heterocycles. The predicted molar refractivity (Wildman–Crippen MR) is 53.9 cm³/mol. The fraction of sp³-hybridized carbons (Fsp3) is 1.00. The molecule has 0 aromatic carbocycles. The first-order chi connectivity index (χ1) is 4.71. The zero-order chi connectivity index (χ0) is 9.12. The van der Waals surface area contributed by atoms with E-state index in [2.05, 4.69) is 4.52 Å². The first-order valence-corrected chi connectivity index (χ1v) is 4.74. The van der Waals surface area contributed by atoms with Crippen molar-refractivity contribution >= 4 is 58.0 Å². The predicted octanol–water partition coefficient (Wildman–Crippen LogP) is -0.157. The van der Waals surface area contributed by atoms with E-state index in [1.807, 2.05) is 21.1 Å². The Bertz CT molecular complexity index is 168. The molecule has 8 heteroatoms. The van der Waals surface area contributed by atoms with Crippen LogP contribution in [0.2, 0.25) is 0 Å². The number of halogens is 1. The van der Waals surface area contributed by atoms with Gasteiger partial charge in [0.1, 0.15) is 13.2 Å². The number of nitrogens with zero attached hydrogens (tertiary/aromatic N) is 1. The van der Waals surface area contributed by atoms with Crippen LogP contribution in [0.25, 0.3) is 0 Å². The summed E-state index contributed by atoms with van der Waals surface area (Å²) in [5, 5.41) is 0. The van der Waals surface area contributed by atoms with Gasteiger partial charge in [0, 0.05) is 0 Å². The van der Waals surface area contributed by atoms with Crippen LogP contribution in [0, 0.1) is 0 Å². The molecule has 0 aliphatic heterocycles. The second kappa shape index (κ2) is 7.85. The molecule has 0 aromatic rings. The largest absolute Gasteiger partial charge is 2.00 e. The Morgan fingerprint density at radius 1 is 1.31 bits per heavy atom. The van der Waals surface area contributed by atoms with E-state index >= 15 is 0 Å². The number of likely N-dealkylation sites (N-methyl/N-ethyl adjacent to an activating group) is 1. The molecule has 2 N–H and O–H groups in total. The van der Waals surface area contributed by atoms with Crippen molar-refractivity contribution in [2.75, 3.05) is 34.3 Å². The molecule has 0 saturated heterocycles. The molecule has 13 heavy (non-hydrogen) atoms. The van der Waals surface area contributed by atoms with Gasteiger partial charge < -0.3 is 14.3 Å². The monoisotopic (exact) mass is 260 g/mol.